The van der Waals surface area contributed by atoms with E-state index < -0.39 is 0 Å². The number of para-hydroxylation sites is 2. The highest BCUT2D eigenvalue weighted by atomic mass is 16.1. The summed E-state index contributed by atoms with van der Waals surface area (Å²) in [6.45, 7) is 0.717. The third kappa shape index (κ3) is 4.74. The molecule has 2 aromatic carbocycles. The van der Waals surface area contributed by atoms with Gasteiger partial charge in [0, 0.05) is 13.5 Å². The molecule has 1 heterocycles. The molecule has 0 saturated heterocycles. The molecule has 0 aliphatic carbocycles. The van der Waals surface area contributed by atoms with Crippen LogP contribution in [0.15, 0.2) is 54.6 Å². The van der Waals surface area contributed by atoms with E-state index in [1.54, 1.807) is 0 Å². The van der Waals surface area contributed by atoms with Crippen molar-refractivity contribution >= 4 is 16.9 Å². The number of imidazole rings is 1. The summed E-state index contributed by atoms with van der Waals surface area (Å²) in [5, 5.41) is 3.20. The number of nitrogens with two attached hydrogens (primary N) is 1. The molecule has 1 amide bonds. The zero-order valence-electron chi connectivity index (χ0n) is 15.9. The molecular formula is C22H28N4O. The number of nitrogens with zero attached hydrogens (tertiary/aromatic N) is 2. The second kappa shape index (κ2) is 9.33. The highest BCUT2D eigenvalue weighted by Gasteiger charge is 2.22. The predicted octanol–water partition coefficient (Wildman–Crippen LogP) is 3.69. The fourth-order valence-corrected chi connectivity index (χ4v) is 3.38. The molecule has 27 heavy (non-hydrogen) atoms. The molecule has 3 aromatic rings. The summed E-state index contributed by atoms with van der Waals surface area (Å²) in [7, 11) is 2.00. The van der Waals surface area contributed by atoms with Gasteiger partial charge in [-0.05, 0) is 37.1 Å². The average molecular weight is 364 g/mol. The second-order valence-corrected chi connectivity index (χ2v) is 6.88. The number of benzene rings is 2. The van der Waals surface area contributed by atoms with Crippen molar-refractivity contribution in [3.8, 4) is 0 Å². The maximum absolute atomic E-state index is 12.6. The van der Waals surface area contributed by atoms with E-state index in [0.717, 1.165) is 54.6 Å². The fraction of sp³-hybridized carbons (Fsp3) is 0.364. The number of unbranched alkanes of at least 4 members (excludes halogenated alkanes) is 3. The van der Waals surface area contributed by atoms with Crippen molar-refractivity contribution in [3.63, 3.8) is 0 Å². The minimum Gasteiger partial charge on any atom is -0.342 e. The number of hydrogen-bond acceptors (Lipinski definition) is 3. The Morgan fingerprint density at radius 2 is 1.74 bits per heavy atom. The van der Waals surface area contributed by atoms with E-state index in [9.17, 15) is 4.79 Å². The number of carbonyl (C=O) groups excluding carboxylic acids is 1. The largest absolute Gasteiger partial charge is 0.342 e. The molecule has 5 nitrogen and oxygen atoms in total. The van der Waals surface area contributed by atoms with E-state index in [4.69, 9.17) is 10.7 Å². The summed E-state index contributed by atoms with van der Waals surface area (Å²) in [5.41, 5.74) is 8.55. The first-order chi connectivity index (χ1) is 13.2. The van der Waals surface area contributed by atoms with Crippen LogP contribution in [0.4, 0.5) is 0 Å². The van der Waals surface area contributed by atoms with E-state index in [0.29, 0.717) is 6.42 Å². The van der Waals surface area contributed by atoms with Crippen LogP contribution >= 0.6 is 0 Å². The molecule has 0 fully saturated rings. The second-order valence-electron chi connectivity index (χ2n) is 6.88. The fourth-order valence-electron chi connectivity index (χ4n) is 3.38. The van der Waals surface area contributed by atoms with Crippen LogP contribution in [0.2, 0.25) is 0 Å². The number of rotatable bonds is 9. The van der Waals surface area contributed by atoms with Gasteiger partial charge in [0.25, 0.3) is 0 Å². The number of hydrogen-bond donors (Lipinski definition) is 2. The molecule has 0 spiro atoms. The minimum absolute atomic E-state index is 0.0589. The zero-order valence-corrected chi connectivity index (χ0v) is 15.9. The molecule has 0 bridgehead atoms. The lowest BCUT2D eigenvalue weighted by atomic mass is 10.1. The average Bonchev–Trinajstić information content (AvgIpc) is 3.03. The molecule has 1 atom stereocenters. The van der Waals surface area contributed by atoms with Crippen LogP contribution in [0.5, 0.6) is 0 Å². The smallest absolute Gasteiger partial charge is 0.220 e. The van der Waals surface area contributed by atoms with Crippen molar-refractivity contribution in [2.75, 3.05) is 6.54 Å². The van der Waals surface area contributed by atoms with Crippen molar-refractivity contribution in [1.82, 2.24) is 14.9 Å². The van der Waals surface area contributed by atoms with Gasteiger partial charge in [-0.1, -0.05) is 55.3 Å². The molecule has 0 radical (unpaired) electrons. The summed E-state index contributed by atoms with van der Waals surface area (Å²) in [5.74, 6) is 0.905. The van der Waals surface area contributed by atoms with Crippen LogP contribution in [-0.2, 0) is 11.8 Å². The molecule has 0 saturated carbocycles. The van der Waals surface area contributed by atoms with Gasteiger partial charge in [-0.15, -0.1) is 0 Å². The highest BCUT2D eigenvalue weighted by Crippen LogP contribution is 2.25. The molecular weight excluding hydrogens is 336 g/mol. The Hall–Kier alpha value is -2.66. The van der Waals surface area contributed by atoms with E-state index in [1.807, 2.05) is 61.6 Å². The van der Waals surface area contributed by atoms with Gasteiger partial charge in [-0.25, -0.2) is 4.98 Å². The maximum atomic E-state index is 12.6. The van der Waals surface area contributed by atoms with Gasteiger partial charge >= 0.3 is 0 Å². The third-order valence-electron chi connectivity index (χ3n) is 4.88. The Balaban J connectivity index is 1.80. The number of aromatic nitrogens is 2. The molecule has 0 aliphatic heterocycles. The van der Waals surface area contributed by atoms with E-state index in [1.165, 1.54) is 0 Å². The zero-order chi connectivity index (χ0) is 19.1. The van der Waals surface area contributed by atoms with E-state index >= 15 is 0 Å². The SMILES string of the molecule is Cn1c(C(NC(=O)CCCCCCN)c2ccccc2)nc2ccccc21. The quantitative estimate of drug-likeness (QED) is 0.569. The summed E-state index contributed by atoms with van der Waals surface area (Å²) < 4.78 is 2.06. The number of fused-ring (bicyclic) bond motifs is 1. The summed E-state index contributed by atoms with van der Waals surface area (Å²) in [6.07, 6.45) is 4.55. The van der Waals surface area contributed by atoms with E-state index in [-0.39, 0.29) is 11.9 Å². The van der Waals surface area contributed by atoms with Gasteiger partial charge in [-0.3, -0.25) is 4.79 Å². The van der Waals surface area contributed by atoms with Gasteiger partial charge < -0.3 is 15.6 Å². The Kier molecular flexibility index (Phi) is 6.60. The normalized spacial score (nSPS) is 12.2. The van der Waals surface area contributed by atoms with Crippen LogP contribution < -0.4 is 11.1 Å². The molecule has 3 N–H and O–H groups in total. The summed E-state index contributed by atoms with van der Waals surface area (Å²) >= 11 is 0. The van der Waals surface area contributed by atoms with E-state index in [2.05, 4.69) is 9.88 Å². The number of aryl methyl sites for hydroxylation is 1. The van der Waals surface area contributed by atoms with Gasteiger partial charge in [0.2, 0.25) is 5.91 Å². The molecule has 3 rings (SSSR count). The van der Waals surface area contributed by atoms with Crippen molar-refractivity contribution in [1.29, 1.82) is 0 Å². The monoisotopic (exact) mass is 364 g/mol. The minimum atomic E-state index is -0.264. The predicted molar refractivity (Wildman–Crippen MR) is 109 cm³/mol. The molecule has 5 heteroatoms. The van der Waals surface area contributed by atoms with Crippen LogP contribution in [-0.4, -0.2) is 22.0 Å². The Morgan fingerprint density at radius 1 is 1.04 bits per heavy atom. The first kappa shape index (κ1) is 19.1. The van der Waals surface area contributed by atoms with Crippen molar-refractivity contribution in [2.24, 2.45) is 12.8 Å². The third-order valence-corrected chi connectivity index (χ3v) is 4.88. The first-order valence-electron chi connectivity index (χ1n) is 9.66. The molecule has 1 aromatic heterocycles. The number of carbonyl (C=O) groups is 1. The summed E-state index contributed by atoms with van der Waals surface area (Å²) in [6, 6.07) is 17.8. The standard InChI is InChI=1S/C22H28N4O/c1-26-19-14-9-8-13-18(19)24-22(26)21(17-11-5-4-6-12-17)25-20(27)15-7-2-3-10-16-23/h4-6,8-9,11-14,21H,2-3,7,10,15-16,23H2,1H3,(H,25,27). The van der Waals surface area contributed by atoms with Gasteiger partial charge in [0.15, 0.2) is 0 Å². The molecule has 142 valence electrons. The lowest BCUT2D eigenvalue weighted by molar-refractivity contribution is -0.121. The van der Waals surface area contributed by atoms with Gasteiger partial charge in [0.05, 0.1) is 11.0 Å². The maximum Gasteiger partial charge on any atom is 0.220 e. The first-order valence-corrected chi connectivity index (χ1v) is 9.66. The van der Waals surface area contributed by atoms with Gasteiger partial charge in [0.1, 0.15) is 11.9 Å². The molecule has 0 aliphatic rings. The topological polar surface area (TPSA) is 72.9 Å². The number of amides is 1. The Morgan fingerprint density at radius 3 is 2.48 bits per heavy atom. The van der Waals surface area contributed by atoms with Crippen molar-refractivity contribution in [2.45, 2.75) is 38.1 Å². The Labute approximate surface area is 160 Å². The van der Waals surface area contributed by atoms with Crippen LogP contribution in [0, 0.1) is 0 Å². The van der Waals surface area contributed by atoms with Gasteiger partial charge in [-0.2, -0.15) is 0 Å². The summed E-state index contributed by atoms with van der Waals surface area (Å²) in [4.78, 5) is 17.4. The van der Waals surface area contributed by atoms with Crippen molar-refractivity contribution < 1.29 is 4.79 Å². The van der Waals surface area contributed by atoms with Crippen LogP contribution in [0.25, 0.3) is 11.0 Å². The lowest BCUT2D eigenvalue weighted by Crippen LogP contribution is -2.30. The molecule has 1 unspecified atom stereocenters. The lowest BCUT2D eigenvalue weighted by Gasteiger charge is -2.19. The Bertz CT molecular complexity index is 872. The van der Waals surface area contributed by atoms with Crippen molar-refractivity contribution in [3.05, 3.63) is 66.0 Å². The van der Waals surface area contributed by atoms with Crippen LogP contribution in [0.3, 0.4) is 0 Å². The number of nitrogens with one attached hydrogen (secondary N) is 1. The van der Waals surface area contributed by atoms with Crippen LogP contribution in [0.1, 0.15) is 49.5 Å². The highest BCUT2D eigenvalue weighted by molar-refractivity contribution is 5.78.